The Morgan fingerprint density at radius 3 is 3.08 bits per heavy atom. The van der Waals surface area contributed by atoms with Crippen molar-refractivity contribution < 1.29 is 0 Å². The standard InChI is InChI=1S/C8H16N4S/c1-3-7(9)8-6-12(11-10-8)4-5-13-2/h6-7H,3-5,9H2,1-2H3. The molecule has 1 unspecified atom stereocenters. The molecule has 1 rings (SSSR count). The van der Waals surface area contributed by atoms with Crippen LogP contribution in [0, 0.1) is 0 Å². The van der Waals surface area contributed by atoms with E-state index in [4.69, 9.17) is 5.73 Å². The molecule has 0 aliphatic heterocycles. The summed E-state index contributed by atoms with van der Waals surface area (Å²) in [5.74, 6) is 1.06. The van der Waals surface area contributed by atoms with Crippen molar-refractivity contribution in [1.29, 1.82) is 0 Å². The van der Waals surface area contributed by atoms with E-state index in [1.54, 1.807) is 11.8 Å². The van der Waals surface area contributed by atoms with Crippen molar-refractivity contribution in [3.8, 4) is 0 Å². The summed E-state index contributed by atoms with van der Waals surface area (Å²) in [7, 11) is 0. The third-order valence-electron chi connectivity index (χ3n) is 1.90. The second-order valence-corrected chi connectivity index (χ2v) is 3.90. The lowest BCUT2D eigenvalue weighted by Gasteiger charge is -2.01. The van der Waals surface area contributed by atoms with Crippen LogP contribution >= 0.6 is 11.8 Å². The molecule has 2 N–H and O–H groups in total. The van der Waals surface area contributed by atoms with Crippen LogP contribution in [-0.2, 0) is 6.54 Å². The van der Waals surface area contributed by atoms with Gasteiger partial charge in [-0.15, -0.1) is 5.10 Å². The van der Waals surface area contributed by atoms with Gasteiger partial charge in [0.05, 0.1) is 24.5 Å². The molecule has 0 amide bonds. The zero-order valence-corrected chi connectivity index (χ0v) is 8.92. The van der Waals surface area contributed by atoms with E-state index in [0.717, 1.165) is 24.4 Å². The number of aryl methyl sites for hydroxylation is 1. The van der Waals surface area contributed by atoms with Crippen molar-refractivity contribution in [3.05, 3.63) is 11.9 Å². The van der Waals surface area contributed by atoms with E-state index in [9.17, 15) is 0 Å². The predicted octanol–water partition coefficient (Wildman–Crippen LogP) is 1.05. The molecule has 4 nitrogen and oxygen atoms in total. The van der Waals surface area contributed by atoms with Crippen LogP contribution in [0.1, 0.15) is 25.1 Å². The molecular weight excluding hydrogens is 184 g/mol. The number of aromatic nitrogens is 3. The second-order valence-electron chi connectivity index (χ2n) is 2.91. The van der Waals surface area contributed by atoms with Crippen LogP contribution in [0.5, 0.6) is 0 Å². The number of nitrogens with two attached hydrogens (primary N) is 1. The van der Waals surface area contributed by atoms with E-state index < -0.39 is 0 Å². The zero-order chi connectivity index (χ0) is 9.68. The van der Waals surface area contributed by atoms with Gasteiger partial charge in [0.1, 0.15) is 0 Å². The minimum Gasteiger partial charge on any atom is -0.323 e. The summed E-state index contributed by atoms with van der Waals surface area (Å²) < 4.78 is 1.85. The van der Waals surface area contributed by atoms with Gasteiger partial charge in [-0.1, -0.05) is 12.1 Å². The predicted molar refractivity (Wildman–Crippen MR) is 55.6 cm³/mol. The highest BCUT2D eigenvalue weighted by Crippen LogP contribution is 2.08. The fourth-order valence-corrected chi connectivity index (χ4v) is 1.36. The maximum Gasteiger partial charge on any atom is 0.0993 e. The molecular formula is C8H16N4S. The first-order chi connectivity index (χ1) is 6.27. The Morgan fingerprint density at radius 1 is 1.69 bits per heavy atom. The fourth-order valence-electron chi connectivity index (χ4n) is 0.987. The summed E-state index contributed by atoms with van der Waals surface area (Å²) >= 11 is 1.80. The molecule has 1 aromatic rings. The van der Waals surface area contributed by atoms with E-state index in [-0.39, 0.29) is 6.04 Å². The monoisotopic (exact) mass is 200 g/mol. The lowest BCUT2D eigenvalue weighted by molar-refractivity contribution is 0.630. The van der Waals surface area contributed by atoms with Gasteiger partial charge in [0.25, 0.3) is 0 Å². The summed E-state index contributed by atoms with van der Waals surface area (Å²) in [4.78, 5) is 0. The third kappa shape index (κ3) is 3.00. The van der Waals surface area contributed by atoms with Crippen LogP contribution in [0.2, 0.25) is 0 Å². The maximum absolute atomic E-state index is 5.82. The molecule has 0 radical (unpaired) electrons. The summed E-state index contributed by atoms with van der Waals surface area (Å²) in [5.41, 5.74) is 6.71. The van der Waals surface area contributed by atoms with E-state index in [2.05, 4.69) is 16.6 Å². The molecule has 1 aromatic heterocycles. The molecule has 0 spiro atoms. The van der Waals surface area contributed by atoms with Crippen LogP contribution < -0.4 is 5.73 Å². The van der Waals surface area contributed by atoms with Crippen molar-refractivity contribution in [2.24, 2.45) is 5.73 Å². The Kier molecular flexibility index (Phi) is 4.24. The molecule has 1 heterocycles. The molecule has 0 bridgehead atoms. The Labute approximate surface area is 82.9 Å². The second kappa shape index (κ2) is 5.24. The van der Waals surface area contributed by atoms with E-state index in [1.807, 2.05) is 17.8 Å². The van der Waals surface area contributed by atoms with E-state index in [0.29, 0.717) is 0 Å². The average molecular weight is 200 g/mol. The molecule has 0 aromatic carbocycles. The smallest absolute Gasteiger partial charge is 0.0993 e. The Morgan fingerprint density at radius 2 is 2.46 bits per heavy atom. The largest absolute Gasteiger partial charge is 0.323 e. The molecule has 0 aliphatic rings. The highest BCUT2D eigenvalue weighted by Gasteiger charge is 2.07. The van der Waals surface area contributed by atoms with Crippen molar-refractivity contribution in [3.63, 3.8) is 0 Å². The number of hydrogen-bond donors (Lipinski definition) is 1. The minimum absolute atomic E-state index is 0.0306. The van der Waals surface area contributed by atoms with Gasteiger partial charge in [0.2, 0.25) is 0 Å². The third-order valence-corrected chi connectivity index (χ3v) is 2.49. The van der Waals surface area contributed by atoms with Crippen molar-refractivity contribution in [1.82, 2.24) is 15.0 Å². The number of rotatable bonds is 5. The van der Waals surface area contributed by atoms with Gasteiger partial charge in [-0.05, 0) is 12.7 Å². The molecule has 0 aliphatic carbocycles. The lowest BCUT2D eigenvalue weighted by atomic mass is 10.2. The van der Waals surface area contributed by atoms with Crippen molar-refractivity contribution in [2.75, 3.05) is 12.0 Å². The van der Waals surface area contributed by atoms with Crippen molar-refractivity contribution >= 4 is 11.8 Å². The first-order valence-electron chi connectivity index (χ1n) is 4.42. The van der Waals surface area contributed by atoms with E-state index >= 15 is 0 Å². The molecule has 5 heteroatoms. The first kappa shape index (κ1) is 10.5. The molecule has 74 valence electrons. The minimum atomic E-state index is 0.0306. The summed E-state index contributed by atoms with van der Waals surface area (Å²) in [6, 6.07) is 0.0306. The number of hydrogen-bond acceptors (Lipinski definition) is 4. The molecule has 0 saturated heterocycles. The molecule has 1 atom stereocenters. The van der Waals surface area contributed by atoms with Gasteiger partial charge in [-0.2, -0.15) is 11.8 Å². The zero-order valence-electron chi connectivity index (χ0n) is 8.10. The lowest BCUT2D eigenvalue weighted by Crippen LogP contribution is -2.08. The van der Waals surface area contributed by atoms with Gasteiger partial charge in [0, 0.05) is 5.75 Å². The molecule has 13 heavy (non-hydrogen) atoms. The Hall–Kier alpha value is -0.550. The number of nitrogens with zero attached hydrogens (tertiary/aromatic N) is 3. The highest BCUT2D eigenvalue weighted by molar-refractivity contribution is 7.98. The topological polar surface area (TPSA) is 56.7 Å². The van der Waals surface area contributed by atoms with Crippen molar-refractivity contribution in [2.45, 2.75) is 25.9 Å². The maximum atomic E-state index is 5.82. The normalized spacial score (nSPS) is 13.2. The van der Waals surface area contributed by atoms with Crippen LogP contribution in [0.3, 0.4) is 0 Å². The summed E-state index contributed by atoms with van der Waals surface area (Å²) in [6.45, 7) is 2.95. The van der Waals surface area contributed by atoms with Crippen LogP contribution in [0.4, 0.5) is 0 Å². The Bertz CT molecular complexity index is 248. The van der Waals surface area contributed by atoms with Crippen LogP contribution in [0.15, 0.2) is 6.20 Å². The quantitative estimate of drug-likeness (QED) is 0.772. The molecule has 0 saturated carbocycles. The SMILES string of the molecule is CCC(N)c1cn(CCSC)nn1. The van der Waals surface area contributed by atoms with Gasteiger partial charge in [0.15, 0.2) is 0 Å². The van der Waals surface area contributed by atoms with Crippen LogP contribution in [0.25, 0.3) is 0 Å². The highest BCUT2D eigenvalue weighted by atomic mass is 32.2. The molecule has 0 fully saturated rings. The van der Waals surface area contributed by atoms with E-state index in [1.165, 1.54) is 0 Å². The summed E-state index contributed by atoms with van der Waals surface area (Å²) in [6.07, 6.45) is 4.92. The van der Waals surface area contributed by atoms with Crippen LogP contribution in [-0.4, -0.2) is 27.0 Å². The first-order valence-corrected chi connectivity index (χ1v) is 5.81. The van der Waals surface area contributed by atoms with Gasteiger partial charge in [-0.3, -0.25) is 4.68 Å². The average Bonchev–Trinajstić information content (AvgIpc) is 2.62. The van der Waals surface area contributed by atoms with Gasteiger partial charge < -0.3 is 5.73 Å². The number of thioether (sulfide) groups is 1. The van der Waals surface area contributed by atoms with Gasteiger partial charge in [-0.25, -0.2) is 0 Å². The summed E-state index contributed by atoms with van der Waals surface area (Å²) in [5, 5.41) is 8.01. The van der Waals surface area contributed by atoms with Gasteiger partial charge >= 0.3 is 0 Å². The Balaban J connectivity index is 2.53. The fraction of sp³-hybridized carbons (Fsp3) is 0.750.